The monoisotopic (exact) mass is 437 g/mol. The van der Waals surface area contributed by atoms with Crippen LogP contribution < -0.4 is 5.32 Å². The van der Waals surface area contributed by atoms with E-state index in [9.17, 15) is 9.59 Å². The Morgan fingerprint density at radius 1 is 1.07 bits per heavy atom. The number of nitrogens with one attached hydrogen (secondary N) is 1. The highest BCUT2D eigenvalue weighted by atomic mass is 35.5. The summed E-state index contributed by atoms with van der Waals surface area (Å²) in [4.78, 5) is 29.9. The summed E-state index contributed by atoms with van der Waals surface area (Å²) in [7, 11) is 0. The number of thiophene rings is 1. The molecule has 1 aliphatic heterocycles. The van der Waals surface area contributed by atoms with Crippen LogP contribution in [-0.2, 0) is 4.79 Å². The van der Waals surface area contributed by atoms with Gasteiger partial charge in [0.2, 0.25) is 5.91 Å². The van der Waals surface area contributed by atoms with Crippen LogP contribution in [0.3, 0.4) is 0 Å². The van der Waals surface area contributed by atoms with Gasteiger partial charge in [-0.1, -0.05) is 18.5 Å². The van der Waals surface area contributed by atoms with Gasteiger partial charge < -0.3 is 9.80 Å². The van der Waals surface area contributed by atoms with E-state index in [0.717, 1.165) is 49.7 Å². The van der Waals surface area contributed by atoms with Gasteiger partial charge in [-0.25, -0.2) is 4.79 Å². The van der Waals surface area contributed by atoms with E-state index in [-0.39, 0.29) is 12.1 Å². The van der Waals surface area contributed by atoms with E-state index < -0.39 is 0 Å². The molecule has 0 radical (unpaired) electrons. The molecule has 2 saturated carbocycles. The highest BCUT2D eigenvalue weighted by Gasteiger charge is 2.36. The molecule has 4 rings (SSSR count). The zero-order valence-corrected chi connectivity index (χ0v) is 18.8. The Morgan fingerprint density at radius 3 is 2.31 bits per heavy atom. The van der Waals surface area contributed by atoms with Crippen LogP contribution in [0.5, 0.6) is 0 Å². The van der Waals surface area contributed by atoms with Gasteiger partial charge in [0.15, 0.2) is 0 Å². The van der Waals surface area contributed by atoms with Gasteiger partial charge in [-0.05, 0) is 75.3 Å². The van der Waals surface area contributed by atoms with Crippen LogP contribution in [0.1, 0.15) is 64.7 Å². The molecule has 7 heteroatoms. The van der Waals surface area contributed by atoms with E-state index in [1.54, 1.807) is 0 Å². The van der Waals surface area contributed by atoms with Gasteiger partial charge >= 0.3 is 6.03 Å². The fourth-order valence-corrected chi connectivity index (χ4v) is 5.73. The zero-order chi connectivity index (χ0) is 20.4. The summed E-state index contributed by atoms with van der Waals surface area (Å²) in [6, 6.07) is 4.17. The third-order valence-electron chi connectivity index (χ3n) is 6.79. The predicted octanol–water partition coefficient (Wildman–Crippen LogP) is 5.61. The van der Waals surface area contributed by atoms with Crippen molar-refractivity contribution in [2.24, 2.45) is 11.8 Å². The molecule has 2 heterocycles. The number of urea groups is 1. The lowest BCUT2D eigenvalue weighted by atomic mass is 9.85. The van der Waals surface area contributed by atoms with Crippen molar-refractivity contribution in [1.29, 1.82) is 0 Å². The Bertz CT molecular complexity index is 719. The quantitative estimate of drug-likeness (QED) is 0.651. The van der Waals surface area contributed by atoms with Crippen LogP contribution in [-0.4, -0.2) is 46.9 Å². The molecular weight excluding hydrogens is 406 g/mol. The molecule has 1 N–H and O–H groups in total. The average molecular weight is 438 g/mol. The van der Waals surface area contributed by atoms with Gasteiger partial charge in [0.25, 0.3) is 0 Å². The maximum absolute atomic E-state index is 13.3. The topological polar surface area (TPSA) is 52.7 Å². The smallest absolute Gasteiger partial charge is 0.322 e. The molecule has 3 fully saturated rings. The minimum Gasteiger partial charge on any atom is -0.343 e. The largest absolute Gasteiger partial charge is 0.343 e. The van der Waals surface area contributed by atoms with Crippen LogP contribution >= 0.6 is 22.9 Å². The maximum atomic E-state index is 13.3. The molecule has 160 valence electrons. The number of piperidine rings is 1. The summed E-state index contributed by atoms with van der Waals surface area (Å²) < 4.78 is 0.681. The third kappa shape index (κ3) is 5.46. The Balaban J connectivity index is 1.40. The molecule has 5 nitrogen and oxygen atoms in total. The van der Waals surface area contributed by atoms with Crippen molar-refractivity contribution >= 4 is 39.9 Å². The van der Waals surface area contributed by atoms with Crippen LogP contribution in [0.15, 0.2) is 12.1 Å². The molecule has 0 aromatic carbocycles. The molecule has 0 atom stereocenters. The lowest BCUT2D eigenvalue weighted by Crippen LogP contribution is -2.54. The van der Waals surface area contributed by atoms with Gasteiger partial charge in [0.05, 0.1) is 9.34 Å². The number of hydrogen-bond donors (Lipinski definition) is 1. The number of anilines is 1. The van der Waals surface area contributed by atoms with Crippen LogP contribution in [0.2, 0.25) is 4.34 Å². The Morgan fingerprint density at radius 2 is 1.72 bits per heavy atom. The lowest BCUT2D eigenvalue weighted by molar-refractivity contribution is -0.133. The minimum atomic E-state index is -0.00849. The molecule has 3 aliphatic rings. The van der Waals surface area contributed by atoms with Gasteiger partial charge in [-0.3, -0.25) is 10.1 Å². The van der Waals surface area contributed by atoms with Crippen molar-refractivity contribution < 1.29 is 9.59 Å². The molecule has 29 heavy (non-hydrogen) atoms. The summed E-state index contributed by atoms with van der Waals surface area (Å²) in [5.74, 6) is 1.68. The number of carbonyl (C=O) groups excluding carboxylic acids is 2. The second-order valence-electron chi connectivity index (χ2n) is 9.11. The number of nitrogens with zero attached hydrogens (tertiary/aromatic N) is 2. The maximum Gasteiger partial charge on any atom is 0.322 e. The lowest BCUT2D eigenvalue weighted by Gasteiger charge is -2.44. The second-order valence-corrected chi connectivity index (χ2v) is 10.8. The average Bonchev–Trinajstić information content (AvgIpc) is 3.43. The van der Waals surface area contributed by atoms with Gasteiger partial charge in [0.1, 0.15) is 0 Å². The number of carbonyl (C=O) groups is 2. The van der Waals surface area contributed by atoms with Crippen molar-refractivity contribution in [3.05, 3.63) is 16.5 Å². The standard InChI is InChI=1S/C22H32ClN3O2S/c1-15-2-6-17(7-3-15)26(22(28)24-20-9-8-19(23)29-20)18-10-12-25(13-11-18)21(27)14-16-4-5-16/h8-9,15-18H,2-7,10-14H2,1H3,(H,24,28). The molecular formula is C22H32ClN3O2S. The Labute approximate surface area is 182 Å². The molecule has 0 bridgehead atoms. The highest BCUT2D eigenvalue weighted by Crippen LogP contribution is 2.35. The number of likely N-dealkylation sites (tertiary alicyclic amines) is 1. The van der Waals surface area contributed by atoms with E-state index in [2.05, 4.69) is 17.1 Å². The minimum absolute atomic E-state index is 0.00849. The molecule has 2 aliphatic carbocycles. The molecule has 1 aromatic heterocycles. The van der Waals surface area contributed by atoms with Gasteiger partial charge in [0, 0.05) is 31.6 Å². The van der Waals surface area contributed by atoms with Crippen molar-refractivity contribution in [1.82, 2.24) is 9.80 Å². The van der Waals surface area contributed by atoms with Crippen molar-refractivity contribution in [3.8, 4) is 0 Å². The van der Waals surface area contributed by atoms with E-state index in [1.807, 2.05) is 17.0 Å². The Hall–Kier alpha value is -1.27. The van der Waals surface area contributed by atoms with Crippen molar-refractivity contribution in [3.63, 3.8) is 0 Å². The van der Waals surface area contributed by atoms with Crippen LogP contribution in [0.25, 0.3) is 0 Å². The van der Waals surface area contributed by atoms with Crippen LogP contribution in [0, 0.1) is 11.8 Å². The third-order valence-corrected chi connectivity index (χ3v) is 7.93. The van der Waals surface area contributed by atoms with E-state index in [1.165, 1.54) is 37.0 Å². The van der Waals surface area contributed by atoms with Crippen LogP contribution in [0.4, 0.5) is 9.80 Å². The van der Waals surface area contributed by atoms with Crippen molar-refractivity contribution in [2.45, 2.75) is 76.8 Å². The molecule has 0 unspecified atom stereocenters. The number of halogens is 1. The first kappa shape index (κ1) is 21.0. The first-order valence-corrected chi connectivity index (χ1v) is 12.3. The number of rotatable bonds is 5. The second kappa shape index (κ2) is 9.25. The summed E-state index contributed by atoms with van der Waals surface area (Å²) in [6.07, 6.45) is 9.39. The number of amides is 3. The fraction of sp³-hybridized carbons (Fsp3) is 0.727. The van der Waals surface area contributed by atoms with Crippen molar-refractivity contribution in [2.75, 3.05) is 18.4 Å². The van der Waals surface area contributed by atoms with Gasteiger partial charge in [-0.2, -0.15) is 0 Å². The zero-order valence-electron chi connectivity index (χ0n) is 17.2. The molecule has 0 spiro atoms. The highest BCUT2D eigenvalue weighted by molar-refractivity contribution is 7.20. The normalized spacial score (nSPS) is 25.7. The van der Waals surface area contributed by atoms with E-state index in [4.69, 9.17) is 11.6 Å². The molecule has 1 aromatic rings. The van der Waals surface area contributed by atoms with Gasteiger partial charge in [-0.15, -0.1) is 11.3 Å². The summed E-state index contributed by atoms with van der Waals surface area (Å²) in [5.41, 5.74) is 0. The molecule has 1 saturated heterocycles. The fourth-order valence-electron chi connectivity index (χ4n) is 4.79. The Kier molecular flexibility index (Phi) is 6.69. The summed E-state index contributed by atoms with van der Waals surface area (Å²) >= 11 is 7.44. The predicted molar refractivity (Wildman–Crippen MR) is 119 cm³/mol. The molecule has 3 amide bonds. The van der Waals surface area contributed by atoms with E-state index in [0.29, 0.717) is 28.6 Å². The first-order valence-electron chi connectivity index (χ1n) is 11.1. The SMILES string of the molecule is CC1CCC(N(C(=O)Nc2ccc(Cl)s2)C2CCN(C(=O)CC3CC3)CC2)CC1. The summed E-state index contributed by atoms with van der Waals surface area (Å²) in [5, 5.41) is 3.87. The first-order chi connectivity index (χ1) is 14.0. The number of hydrogen-bond acceptors (Lipinski definition) is 3. The summed E-state index contributed by atoms with van der Waals surface area (Å²) in [6.45, 7) is 3.85. The van der Waals surface area contributed by atoms with E-state index >= 15 is 0 Å².